The predicted octanol–water partition coefficient (Wildman–Crippen LogP) is 3.61. The van der Waals surface area contributed by atoms with Crippen molar-refractivity contribution in [2.24, 2.45) is 0 Å². The highest BCUT2D eigenvalue weighted by Gasteiger charge is 2.16. The summed E-state index contributed by atoms with van der Waals surface area (Å²) in [6.07, 6.45) is 2.28. The number of ether oxygens (including phenoxy) is 2. The van der Waals surface area contributed by atoms with Crippen LogP contribution in [0.2, 0.25) is 0 Å². The van der Waals surface area contributed by atoms with E-state index >= 15 is 0 Å². The Hall–Kier alpha value is -2.37. The smallest absolute Gasteiger partial charge is 0.255 e. The Morgan fingerprint density at radius 1 is 1.23 bits per heavy atom. The number of benzene rings is 2. The van der Waals surface area contributed by atoms with Gasteiger partial charge in [-0.1, -0.05) is 25.1 Å². The molecule has 0 spiro atoms. The first-order valence-electron chi connectivity index (χ1n) is 9.20. The molecule has 1 aliphatic heterocycles. The van der Waals surface area contributed by atoms with Gasteiger partial charge in [0.1, 0.15) is 12.4 Å². The molecular weight excluding hydrogens is 328 g/mol. The van der Waals surface area contributed by atoms with Gasteiger partial charge in [-0.25, -0.2) is 0 Å². The van der Waals surface area contributed by atoms with Crippen LogP contribution in [0.3, 0.4) is 0 Å². The minimum Gasteiger partial charge on any atom is -0.491 e. The number of hydrogen-bond donors (Lipinski definition) is 2. The van der Waals surface area contributed by atoms with E-state index in [4.69, 9.17) is 9.47 Å². The molecule has 0 radical (unpaired) electrons. The number of anilines is 1. The SMILES string of the molecule is CCNCc1cccc(NC(=O)c2cccc(OCC3CCCO3)c2)c1. The Morgan fingerprint density at radius 3 is 2.92 bits per heavy atom. The molecule has 2 aromatic rings. The van der Waals surface area contributed by atoms with Crippen LogP contribution < -0.4 is 15.4 Å². The quantitative estimate of drug-likeness (QED) is 0.760. The molecule has 1 amide bonds. The van der Waals surface area contributed by atoms with Gasteiger partial charge in [-0.2, -0.15) is 0 Å². The van der Waals surface area contributed by atoms with Crippen molar-refractivity contribution >= 4 is 11.6 Å². The molecule has 1 saturated heterocycles. The zero-order valence-corrected chi connectivity index (χ0v) is 15.2. The molecule has 1 unspecified atom stereocenters. The first-order valence-corrected chi connectivity index (χ1v) is 9.20. The number of amides is 1. The van der Waals surface area contributed by atoms with E-state index in [1.54, 1.807) is 12.1 Å². The fourth-order valence-electron chi connectivity index (χ4n) is 2.92. The summed E-state index contributed by atoms with van der Waals surface area (Å²) in [5, 5.41) is 6.23. The topological polar surface area (TPSA) is 59.6 Å². The van der Waals surface area contributed by atoms with Gasteiger partial charge in [-0.15, -0.1) is 0 Å². The zero-order valence-electron chi connectivity index (χ0n) is 15.2. The molecular formula is C21H26N2O3. The molecule has 3 rings (SSSR count). The average molecular weight is 354 g/mol. The second-order valence-corrected chi connectivity index (χ2v) is 6.41. The van der Waals surface area contributed by atoms with E-state index in [2.05, 4.69) is 17.6 Å². The summed E-state index contributed by atoms with van der Waals surface area (Å²) in [6, 6.07) is 15.1. The van der Waals surface area contributed by atoms with E-state index in [1.165, 1.54) is 0 Å². The lowest BCUT2D eigenvalue weighted by atomic mass is 10.1. The van der Waals surface area contributed by atoms with Gasteiger partial charge in [-0.05, 0) is 55.3 Å². The minimum absolute atomic E-state index is 0.145. The van der Waals surface area contributed by atoms with Gasteiger partial charge in [0, 0.05) is 24.4 Å². The van der Waals surface area contributed by atoms with Crippen LogP contribution in [0.4, 0.5) is 5.69 Å². The molecule has 1 aliphatic rings. The fourth-order valence-corrected chi connectivity index (χ4v) is 2.92. The second-order valence-electron chi connectivity index (χ2n) is 6.41. The largest absolute Gasteiger partial charge is 0.491 e. The molecule has 5 heteroatoms. The third-order valence-corrected chi connectivity index (χ3v) is 4.32. The van der Waals surface area contributed by atoms with Gasteiger partial charge < -0.3 is 20.1 Å². The Balaban J connectivity index is 1.59. The second kappa shape index (κ2) is 9.36. The maximum absolute atomic E-state index is 12.5. The molecule has 1 atom stereocenters. The van der Waals surface area contributed by atoms with E-state index in [9.17, 15) is 4.79 Å². The molecule has 0 saturated carbocycles. The summed E-state index contributed by atoms with van der Waals surface area (Å²) in [5.74, 6) is 0.544. The molecule has 2 N–H and O–H groups in total. The van der Waals surface area contributed by atoms with Crippen molar-refractivity contribution in [1.29, 1.82) is 0 Å². The third-order valence-electron chi connectivity index (χ3n) is 4.32. The Labute approximate surface area is 154 Å². The summed E-state index contributed by atoms with van der Waals surface area (Å²) >= 11 is 0. The van der Waals surface area contributed by atoms with E-state index < -0.39 is 0 Å². The van der Waals surface area contributed by atoms with Crippen LogP contribution in [-0.4, -0.2) is 31.8 Å². The maximum atomic E-state index is 12.5. The Bertz CT molecular complexity index is 727. The van der Waals surface area contributed by atoms with Gasteiger partial charge >= 0.3 is 0 Å². The van der Waals surface area contributed by atoms with Crippen LogP contribution in [0.15, 0.2) is 48.5 Å². The van der Waals surface area contributed by atoms with Crippen molar-refractivity contribution < 1.29 is 14.3 Å². The molecule has 0 bridgehead atoms. The zero-order chi connectivity index (χ0) is 18.2. The lowest BCUT2D eigenvalue weighted by Crippen LogP contribution is -2.17. The lowest BCUT2D eigenvalue weighted by Gasteiger charge is -2.12. The summed E-state index contributed by atoms with van der Waals surface area (Å²) in [5.41, 5.74) is 2.50. The van der Waals surface area contributed by atoms with Crippen molar-refractivity contribution in [3.8, 4) is 5.75 Å². The predicted molar refractivity (Wildman–Crippen MR) is 103 cm³/mol. The number of carbonyl (C=O) groups is 1. The van der Waals surface area contributed by atoms with E-state index in [-0.39, 0.29) is 12.0 Å². The summed E-state index contributed by atoms with van der Waals surface area (Å²) in [6.45, 7) is 5.10. The van der Waals surface area contributed by atoms with Crippen LogP contribution in [0.5, 0.6) is 5.75 Å². The van der Waals surface area contributed by atoms with Crippen LogP contribution in [0.1, 0.15) is 35.7 Å². The van der Waals surface area contributed by atoms with E-state index in [1.807, 2.05) is 36.4 Å². The van der Waals surface area contributed by atoms with Gasteiger partial charge in [0.25, 0.3) is 5.91 Å². The van der Waals surface area contributed by atoms with Crippen molar-refractivity contribution in [3.63, 3.8) is 0 Å². The molecule has 138 valence electrons. The fraction of sp³-hybridized carbons (Fsp3) is 0.381. The molecule has 26 heavy (non-hydrogen) atoms. The number of rotatable bonds is 8. The van der Waals surface area contributed by atoms with Crippen LogP contribution >= 0.6 is 0 Å². The average Bonchev–Trinajstić information content (AvgIpc) is 3.19. The van der Waals surface area contributed by atoms with Crippen LogP contribution in [-0.2, 0) is 11.3 Å². The molecule has 0 aromatic heterocycles. The molecule has 2 aromatic carbocycles. The van der Waals surface area contributed by atoms with E-state index in [0.29, 0.717) is 17.9 Å². The number of carbonyl (C=O) groups excluding carboxylic acids is 1. The lowest BCUT2D eigenvalue weighted by molar-refractivity contribution is 0.0679. The first-order chi connectivity index (χ1) is 12.7. The van der Waals surface area contributed by atoms with Crippen molar-refractivity contribution in [2.45, 2.75) is 32.4 Å². The molecule has 5 nitrogen and oxygen atoms in total. The van der Waals surface area contributed by atoms with Crippen LogP contribution in [0.25, 0.3) is 0 Å². The number of nitrogens with one attached hydrogen (secondary N) is 2. The van der Waals surface area contributed by atoms with Crippen molar-refractivity contribution in [1.82, 2.24) is 5.32 Å². The summed E-state index contributed by atoms with van der Waals surface area (Å²) < 4.78 is 11.3. The van der Waals surface area contributed by atoms with Gasteiger partial charge in [0.15, 0.2) is 0 Å². The molecule has 1 fully saturated rings. The van der Waals surface area contributed by atoms with Gasteiger partial charge in [-0.3, -0.25) is 4.79 Å². The van der Waals surface area contributed by atoms with Gasteiger partial charge in [0.05, 0.1) is 6.10 Å². The van der Waals surface area contributed by atoms with Crippen LogP contribution in [0, 0.1) is 0 Å². The van der Waals surface area contributed by atoms with E-state index in [0.717, 1.165) is 43.8 Å². The molecule has 0 aliphatic carbocycles. The van der Waals surface area contributed by atoms with Crippen molar-refractivity contribution in [2.75, 3.05) is 25.1 Å². The highest BCUT2D eigenvalue weighted by molar-refractivity contribution is 6.04. The summed E-state index contributed by atoms with van der Waals surface area (Å²) in [4.78, 5) is 12.5. The maximum Gasteiger partial charge on any atom is 0.255 e. The number of hydrogen-bond acceptors (Lipinski definition) is 4. The van der Waals surface area contributed by atoms with Gasteiger partial charge in [0.2, 0.25) is 0 Å². The third kappa shape index (κ3) is 5.31. The highest BCUT2D eigenvalue weighted by atomic mass is 16.5. The minimum atomic E-state index is -0.145. The summed E-state index contributed by atoms with van der Waals surface area (Å²) in [7, 11) is 0. The first kappa shape index (κ1) is 18.4. The normalized spacial score (nSPS) is 16.4. The Morgan fingerprint density at radius 2 is 2.12 bits per heavy atom. The monoisotopic (exact) mass is 354 g/mol. The highest BCUT2D eigenvalue weighted by Crippen LogP contribution is 2.18. The Kier molecular flexibility index (Phi) is 6.63. The van der Waals surface area contributed by atoms with Crippen molar-refractivity contribution in [3.05, 3.63) is 59.7 Å². The molecule has 1 heterocycles. The standard InChI is InChI=1S/C21H26N2O3/c1-2-22-14-16-6-3-8-18(12-16)23-21(24)17-7-4-9-19(13-17)26-15-20-10-5-11-25-20/h3-4,6-9,12-13,20,22H,2,5,10-11,14-15H2,1H3,(H,23,24).